The number of rotatable bonds is 6. The fourth-order valence-corrected chi connectivity index (χ4v) is 4.43. The fourth-order valence-electron chi connectivity index (χ4n) is 4.43. The molecule has 0 fully saturated rings. The summed E-state index contributed by atoms with van der Waals surface area (Å²) in [6, 6.07) is 13.4. The number of esters is 1. The van der Waals surface area contributed by atoms with Crippen molar-refractivity contribution in [1.82, 2.24) is 9.88 Å². The molecule has 32 heavy (non-hydrogen) atoms. The Morgan fingerprint density at radius 1 is 1.12 bits per heavy atom. The molecule has 0 radical (unpaired) electrons. The van der Waals surface area contributed by atoms with Crippen LogP contribution in [0, 0.1) is 13.8 Å². The van der Waals surface area contributed by atoms with E-state index in [-0.39, 0.29) is 12.5 Å². The van der Waals surface area contributed by atoms with Crippen LogP contribution in [0.1, 0.15) is 46.1 Å². The summed E-state index contributed by atoms with van der Waals surface area (Å²) in [5.41, 5.74) is 6.00. The normalized spacial score (nSPS) is 13.6. The zero-order valence-electron chi connectivity index (χ0n) is 18.9. The topological polar surface area (TPSA) is 71.5 Å². The van der Waals surface area contributed by atoms with Gasteiger partial charge in [0.25, 0.3) is 5.91 Å². The van der Waals surface area contributed by atoms with Gasteiger partial charge in [-0.1, -0.05) is 31.2 Å². The van der Waals surface area contributed by atoms with Gasteiger partial charge >= 0.3 is 5.97 Å². The molecular weight excluding hydrogens is 402 g/mol. The van der Waals surface area contributed by atoms with E-state index < -0.39 is 5.97 Å². The van der Waals surface area contributed by atoms with Gasteiger partial charge in [0, 0.05) is 41.8 Å². The molecule has 0 unspecified atom stereocenters. The van der Waals surface area contributed by atoms with Crippen molar-refractivity contribution in [3.63, 3.8) is 0 Å². The number of hydrogen-bond donors (Lipinski definition) is 1. The highest BCUT2D eigenvalue weighted by Crippen LogP contribution is 2.29. The second kappa shape index (κ2) is 9.49. The summed E-state index contributed by atoms with van der Waals surface area (Å²) in [5.74, 6) is -0.836. The van der Waals surface area contributed by atoms with Crippen molar-refractivity contribution in [3.8, 4) is 0 Å². The monoisotopic (exact) mass is 431 g/mol. The smallest absolute Gasteiger partial charge is 0.339 e. The average molecular weight is 432 g/mol. The van der Waals surface area contributed by atoms with E-state index >= 15 is 0 Å². The van der Waals surface area contributed by atoms with E-state index in [1.165, 1.54) is 0 Å². The van der Waals surface area contributed by atoms with Gasteiger partial charge in [0.2, 0.25) is 0 Å². The zero-order chi connectivity index (χ0) is 22.7. The van der Waals surface area contributed by atoms with Crippen LogP contribution in [0.3, 0.4) is 0 Å². The number of ether oxygens (including phenoxy) is 1. The molecular formula is C26H29N3O3. The highest BCUT2D eigenvalue weighted by Gasteiger charge is 2.26. The van der Waals surface area contributed by atoms with Gasteiger partial charge in [0.05, 0.1) is 11.1 Å². The Balaban J connectivity index is 1.56. The first-order chi connectivity index (χ1) is 15.4. The number of amides is 1. The van der Waals surface area contributed by atoms with Crippen molar-refractivity contribution >= 4 is 28.5 Å². The van der Waals surface area contributed by atoms with Crippen molar-refractivity contribution in [2.45, 2.75) is 40.2 Å². The SMILES string of the molecule is CCCN1CCc2nc3ccccc3c(C(=O)OCC(=O)Nc3cc(C)cc(C)c3)c2C1. The number of benzene rings is 2. The maximum absolute atomic E-state index is 13.2. The number of carbonyl (C=O) groups is 2. The van der Waals surface area contributed by atoms with Crippen LogP contribution in [-0.2, 0) is 22.5 Å². The minimum atomic E-state index is -0.478. The molecule has 2 aromatic carbocycles. The molecule has 6 nitrogen and oxygen atoms in total. The van der Waals surface area contributed by atoms with Crippen LogP contribution in [0.15, 0.2) is 42.5 Å². The van der Waals surface area contributed by atoms with Crippen LogP contribution in [-0.4, -0.2) is 41.5 Å². The van der Waals surface area contributed by atoms with Gasteiger partial charge in [0.15, 0.2) is 6.61 Å². The van der Waals surface area contributed by atoms with Crippen LogP contribution in [0.4, 0.5) is 5.69 Å². The van der Waals surface area contributed by atoms with E-state index in [4.69, 9.17) is 9.72 Å². The van der Waals surface area contributed by atoms with Gasteiger partial charge in [-0.05, 0) is 56.1 Å². The Kier molecular flexibility index (Phi) is 6.51. The number of nitrogens with one attached hydrogen (secondary N) is 1. The fraction of sp³-hybridized carbons (Fsp3) is 0.346. The average Bonchev–Trinajstić information content (AvgIpc) is 2.75. The second-order valence-electron chi connectivity index (χ2n) is 8.46. The third-order valence-corrected chi connectivity index (χ3v) is 5.71. The second-order valence-corrected chi connectivity index (χ2v) is 8.46. The molecule has 1 aromatic heterocycles. The highest BCUT2D eigenvalue weighted by atomic mass is 16.5. The molecule has 0 bridgehead atoms. The Bertz CT molecular complexity index is 1150. The molecule has 1 N–H and O–H groups in total. The Hall–Kier alpha value is -3.25. The molecule has 4 rings (SSSR count). The Morgan fingerprint density at radius 2 is 1.88 bits per heavy atom. The summed E-state index contributed by atoms with van der Waals surface area (Å²) in [6.07, 6.45) is 1.85. The van der Waals surface area contributed by atoms with Crippen molar-refractivity contribution in [2.24, 2.45) is 0 Å². The lowest BCUT2D eigenvalue weighted by Crippen LogP contribution is -2.33. The molecule has 6 heteroatoms. The van der Waals surface area contributed by atoms with Crippen LogP contribution >= 0.6 is 0 Å². The maximum atomic E-state index is 13.2. The van der Waals surface area contributed by atoms with Crippen molar-refractivity contribution in [2.75, 3.05) is 25.0 Å². The molecule has 0 spiro atoms. The molecule has 0 saturated heterocycles. The van der Waals surface area contributed by atoms with Crippen LogP contribution in [0.5, 0.6) is 0 Å². The standard InChI is InChI=1S/C26H29N3O3/c1-4-10-29-11-9-23-21(15-29)25(20-7-5-6-8-22(20)28-23)26(31)32-16-24(30)27-19-13-17(2)12-18(3)14-19/h5-8,12-14H,4,9-11,15-16H2,1-3H3,(H,27,30). The first-order valence-corrected chi connectivity index (χ1v) is 11.1. The number of fused-ring (bicyclic) bond motifs is 2. The first-order valence-electron chi connectivity index (χ1n) is 11.1. The van der Waals surface area contributed by atoms with Crippen LogP contribution in [0.25, 0.3) is 10.9 Å². The number of aromatic nitrogens is 1. The summed E-state index contributed by atoms with van der Waals surface area (Å²) >= 11 is 0. The van der Waals surface area contributed by atoms with Crippen molar-refractivity contribution < 1.29 is 14.3 Å². The van der Waals surface area contributed by atoms with Crippen LogP contribution in [0.2, 0.25) is 0 Å². The van der Waals surface area contributed by atoms with Gasteiger partial charge < -0.3 is 10.1 Å². The third kappa shape index (κ3) is 4.81. The molecule has 166 valence electrons. The van der Waals surface area contributed by atoms with Crippen molar-refractivity contribution in [3.05, 3.63) is 70.4 Å². The molecule has 1 amide bonds. The quantitative estimate of drug-likeness (QED) is 0.585. The number of aryl methyl sites for hydroxylation is 2. The number of nitrogens with zero attached hydrogens (tertiary/aromatic N) is 2. The summed E-state index contributed by atoms with van der Waals surface area (Å²) in [7, 11) is 0. The Morgan fingerprint density at radius 3 is 2.62 bits per heavy atom. The number of carbonyl (C=O) groups excluding carboxylic acids is 2. The minimum Gasteiger partial charge on any atom is -0.452 e. The number of pyridine rings is 1. The van der Waals surface area contributed by atoms with Gasteiger partial charge in [0.1, 0.15) is 0 Å². The van der Waals surface area contributed by atoms with E-state index in [0.29, 0.717) is 17.8 Å². The first kappa shape index (κ1) is 22.0. The molecule has 1 aliphatic heterocycles. The molecule has 0 saturated carbocycles. The van der Waals surface area contributed by atoms with Gasteiger partial charge in [-0.2, -0.15) is 0 Å². The summed E-state index contributed by atoms with van der Waals surface area (Å²) in [6.45, 7) is 8.33. The maximum Gasteiger partial charge on any atom is 0.339 e. The van der Waals surface area contributed by atoms with Gasteiger partial charge in [-0.25, -0.2) is 4.79 Å². The van der Waals surface area contributed by atoms with Crippen molar-refractivity contribution in [1.29, 1.82) is 0 Å². The van der Waals surface area contributed by atoms with E-state index in [2.05, 4.69) is 17.1 Å². The lowest BCUT2D eigenvalue weighted by molar-refractivity contribution is -0.119. The van der Waals surface area contributed by atoms with E-state index in [9.17, 15) is 9.59 Å². The number of para-hydroxylation sites is 1. The van der Waals surface area contributed by atoms with E-state index in [1.807, 2.05) is 56.3 Å². The van der Waals surface area contributed by atoms with Gasteiger partial charge in [-0.3, -0.25) is 14.7 Å². The molecule has 0 aliphatic carbocycles. The van der Waals surface area contributed by atoms with E-state index in [0.717, 1.165) is 59.2 Å². The molecule has 2 heterocycles. The van der Waals surface area contributed by atoms with E-state index in [1.54, 1.807) is 0 Å². The minimum absolute atomic E-state index is 0.337. The lowest BCUT2D eigenvalue weighted by Gasteiger charge is -2.29. The molecule has 0 atom stereocenters. The predicted molar refractivity (Wildman–Crippen MR) is 126 cm³/mol. The summed E-state index contributed by atoms with van der Waals surface area (Å²) in [4.78, 5) is 32.8. The number of anilines is 1. The third-order valence-electron chi connectivity index (χ3n) is 5.71. The van der Waals surface area contributed by atoms with Crippen LogP contribution < -0.4 is 5.32 Å². The largest absolute Gasteiger partial charge is 0.452 e. The predicted octanol–water partition coefficient (Wildman–Crippen LogP) is 4.42. The number of hydrogen-bond acceptors (Lipinski definition) is 5. The lowest BCUT2D eigenvalue weighted by atomic mass is 9.95. The van der Waals surface area contributed by atoms with Gasteiger partial charge in [-0.15, -0.1) is 0 Å². The zero-order valence-corrected chi connectivity index (χ0v) is 18.9. The molecule has 1 aliphatic rings. The summed E-state index contributed by atoms with van der Waals surface area (Å²) < 4.78 is 5.49. The Labute approximate surface area is 188 Å². The molecule has 3 aromatic rings. The highest BCUT2D eigenvalue weighted by molar-refractivity contribution is 6.06. The summed E-state index contributed by atoms with van der Waals surface area (Å²) in [5, 5.41) is 3.58.